The van der Waals surface area contributed by atoms with Crippen molar-refractivity contribution in [2.45, 2.75) is 23.5 Å². The zero-order chi connectivity index (χ0) is 21.7. The molecule has 1 fully saturated rings. The van der Waals surface area contributed by atoms with E-state index < -0.39 is 12.3 Å². The largest absolute Gasteiger partial charge is 0.573 e. The molecule has 0 radical (unpaired) electrons. The van der Waals surface area contributed by atoms with Gasteiger partial charge in [-0.25, -0.2) is 0 Å². The third kappa shape index (κ3) is 6.49. The number of thioether (sulfide) groups is 1. The molecule has 1 saturated heterocycles. The van der Waals surface area contributed by atoms with Gasteiger partial charge in [0.1, 0.15) is 5.75 Å². The van der Waals surface area contributed by atoms with Crippen LogP contribution in [0.5, 0.6) is 5.75 Å². The minimum atomic E-state index is -4.74. The summed E-state index contributed by atoms with van der Waals surface area (Å²) in [5, 5.41) is 11.3. The summed E-state index contributed by atoms with van der Waals surface area (Å²) in [6.45, 7) is 0.936. The molecule has 0 spiro atoms. The second-order valence-electron chi connectivity index (χ2n) is 6.44. The number of nitrogens with two attached hydrogens (primary N) is 1. The lowest BCUT2D eigenvalue weighted by Crippen LogP contribution is -2.44. The van der Waals surface area contributed by atoms with Crippen LogP contribution in [0.4, 0.5) is 24.0 Å². The smallest absolute Gasteiger partial charge is 0.406 e. The van der Waals surface area contributed by atoms with E-state index in [0.717, 1.165) is 6.42 Å². The molecule has 3 rings (SSSR count). The number of alkyl halides is 3. The highest BCUT2D eigenvalue weighted by Crippen LogP contribution is 2.30. The summed E-state index contributed by atoms with van der Waals surface area (Å²) in [5.41, 5.74) is 5.85. The van der Waals surface area contributed by atoms with E-state index in [1.54, 1.807) is 4.90 Å². The summed E-state index contributed by atoms with van der Waals surface area (Å²) in [7, 11) is 0. The molecule has 0 bridgehead atoms. The van der Waals surface area contributed by atoms with Gasteiger partial charge in [0.25, 0.3) is 0 Å². The highest BCUT2D eigenvalue weighted by molar-refractivity contribution is 8.01. The first-order valence-electron chi connectivity index (χ1n) is 8.86. The van der Waals surface area contributed by atoms with Crippen LogP contribution in [0.25, 0.3) is 0 Å². The second-order valence-corrected chi connectivity index (χ2v) is 8.64. The number of halogens is 3. The molecule has 162 valence electrons. The quantitative estimate of drug-likeness (QED) is 0.610. The lowest BCUT2D eigenvalue weighted by Gasteiger charge is -2.31. The van der Waals surface area contributed by atoms with E-state index in [1.165, 1.54) is 47.4 Å². The van der Waals surface area contributed by atoms with Crippen LogP contribution in [0, 0.1) is 5.92 Å². The molecule has 0 saturated carbocycles. The Hall–Kier alpha value is -2.54. The highest BCUT2D eigenvalue weighted by atomic mass is 32.2. The lowest BCUT2D eigenvalue weighted by atomic mass is 9.97. The Balaban J connectivity index is 1.49. The van der Waals surface area contributed by atoms with Crippen molar-refractivity contribution in [3.05, 3.63) is 24.3 Å². The number of piperidine rings is 1. The molecule has 1 aromatic heterocycles. The Morgan fingerprint density at radius 2 is 2.03 bits per heavy atom. The maximum atomic E-state index is 12.4. The van der Waals surface area contributed by atoms with Crippen LogP contribution in [0.2, 0.25) is 0 Å². The zero-order valence-corrected chi connectivity index (χ0v) is 17.1. The number of aromatic nitrogens is 2. The molecule has 8 nitrogen and oxygen atoms in total. The Morgan fingerprint density at radius 3 is 2.70 bits per heavy atom. The predicted octanol–water partition coefficient (Wildman–Crippen LogP) is 3.00. The maximum Gasteiger partial charge on any atom is 0.573 e. The van der Waals surface area contributed by atoms with Gasteiger partial charge in [0.2, 0.25) is 16.9 Å². The third-order valence-corrected chi connectivity index (χ3v) is 6.20. The number of anilines is 2. The van der Waals surface area contributed by atoms with Crippen molar-refractivity contribution in [3.63, 3.8) is 0 Å². The minimum Gasteiger partial charge on any atom is -0.406 e. The summed E-state index contributed by atoms with van der Waals surface area (Å²) < 4.78 is 40.9. The van der Waals surface area contributed by atoms with Crippen LogP contribution in [-0.4, -0.2) is 52.1 Å². The molecule has 2 heterocycles. The Labute approximate surface area is 178 Å². The Kier molecular flexibility index (Phi) is 7.02. The standard InChI is InChI=1S/C17H18F3N5O3S2/c18-17(19,20)28-12-5-3-11(4-6-12)22-15-23-24-16(30-15)29-9-13(26)25-7-1-2-10(8-25)14(21)27/h3-6,10H,1-2,7-9H2,(H2,21,27)(H,22,23). The molecule has 1 aliphatic heterocycles. The fraction of sp³-hybridized carbons (Fsp3) is 0.412. The molecule has 1 aliphatic rings. The molecular weight excluding hydrogens is 443 g/mol. The number of carbonyl (C=O) groups is 2. The van der Waals surface area contributed by atoms with Crippen LogP contribution >= 0.6 is 23.1 Å². The van der Waals surface area contributed by atoms with Gasteiger partial charge in [-0.2, -0.15) is 0 Å². The van der Waals surface area contributed by atoms with E-state index >= 15 is 0 Å². The number of primary amides is 1. The lowest BCUT2D eigenvalue weighted by molar-refractivity contribution is -0.274. The molecule has 1 unspecified atom stereocenters. The fourth-order valence-corrected chi connectivity index (χ4v) is 4.51. The molecule has 3 N–H and O–H groups in total. The van der Waals surface area contributed by atoms with Gasteiger partial charge in [0.05, 0.1) is 11.7 Å². The van der Waals surface area contributed by atoms with Gasteiger partial charge in [-0.15, -0.1) is 23.4 Å². The van der Waals surface area contributed by atoms with E-state index in [1.807, 2.05) is 0 Å². The van der Waals surface area contributed by atoms with E-state index in [2.05, 4.69) is 20.3 Å². The maximum absolute atomic E-state index is 12.4. The number of likely N-dealkylation sites (tertiary alicyclic amines) is 1. The average molecular weight is 461 g/mol. The number of hydrogen-bond acceptors (Lipinski definition) is 8. The SMILES string of the molecule is NC(=O)C1CCCN(C(=O)CSc2nnc(Nc3ccc(OC(F)(F)F)cc3)s2)C1. The van der Waals surface area contributed by atoms with E-state index in [4.69, 9.17) is 5.73 Å². The first-order valence-corrected chi connectivity index (χ1v) is 10.7. The summed E-state index contributed by atoms with van der Waals surface area (Å²) in [6.07, 6.45) is -3.31. The van der Waals surface area contributed by atoms with Crippen LogP contribution in [-0.2, 0) is 9.59 Å². The van der Waals surface area contributed by atoms with E-state index in [9.17, 15) is 22.8 Å². The van der Waals surface area contributed by atoms with Crippen LogP contribution in [0.1, 0.15) is 12.8 Å². The van der Waals surface area contributed by atoms with Crippen molar-refractivity contribution in [2.75, 3.05) is 24.2 Å². The molecular formula is C17H18F3N5O3S2. The monoisotopic (exact) mass is 461 g/mol. The van der Waals surface area contributed by atoms with Gasteiger partial charge in [-0.05, 0) is 37.1 Å². The summed E-state index contributed by atoms with van der Waals surface area (Å²) in [6, 6.07) is 5.21. The number of amides is 2. The Morgan fingerprint density at radius 1 is 1.30 bits per heavy atom. The van der Waals surface area contributed by atoms with E-state index in [-0.39, 0.29) is 23.3 Å². The van der Waals surface area contributed by atoms with E-state index in [0.29, 0.717) is 34.7 Å². The molecule has 2 amide bonds. The average Bonchev–Trinajstić information content (AvgIpc) is 3.14. The first kappa shape index (κ1) is 22.2. The molecule has 13 heteroatoms. The van der Waals surface area contributed by atoms with Gasteiger partial charge in [0.15, 0.2) is 4.34 Å². The molecule has 0 aliphatic carbocycles. The van der Waals surface area contributed by atoms with Crippen molar-refractivity contribution < 1.29 is 27.5 Å². The van der Waals surface area contributed by atoms with Crippen LogP contribution in [0.15, 0.2) is 28.6 Å². The van der Waals surface area contributed by atoms with Gasteiger partial charge in [-0.3, -0.25) is 9.59 Å². The van der Waals surface area contributed by atoms with Gasteiger partial charge < -0.3 is 20.7 Å². The molecule has 2 aromatic rings. The molecule has 1 atom stereocenters. The minimum absolute atomic E-state index is 0.101. The number of benzene rings is 1. The number of carbonyl (C=O) groups excluding carboxylic acids is 2. The van der Waals surface area contributed by atoms with Gasteiger partial charge in [0, 0.05) is 18.8 Å². The highest BCUT2D eigenvalue weighted by Gasteiger charge is 2.31. The summed E-state index contributed by atoms with van der Waals surface area (Å²) in [5.74, 6) is -0.966. The number of nitrogens with one attached hydrogen (secondary N) is 1. The predicted molar refractivity (Wildman–Crippen MR) is 106 cm³/mol. The first-order chi connectivity index (χ1) is 14.2. The van der Waals surface area contributed by atoms with Crippen LogP contribution < -0.4 is 15.8 Å². The fourth-order valence-electron chi connectivity index (χ4n) is 2.83. The van der Waals surface area contributed by atoms with Crippen molar-refractivity contribution in [1.29, 1.82) is 0 Å². The second kappa shape index (κ2) is 9.51. The van der Waals surface area contributed by atoms with Gasteiger partial charge in [-0.1, -0.05) is 23.1 Å². The summed E-state index contributed by atoms with van der Waals surface area (Å²) >= 11 is 2.43. The molecule has 30 heavy (non-hydrogen) atoms. The zero-order valence-electron chi connectivity index (χ0n) is 15.5. The van der Waals surface area contributed by atoms with Crippen molar-refractivity contribution >= 4 is 45.7 Å². The number of nitrogens with zero attached hydrogens (tertiary/aromatic N) is 3. The number of rotatable bonds is 7. The van der Waals surface area contributed by atoms with Gasteiger partial charge >= 0.3 is 6.36 Å². The normalized spacial score (nSPS) is 16.9. The molecule has 1 aromatic carbocycles. The number of ether oxygens (including phenoxy) is 1. The topological polar surface area (TPSA) is 110 Å². The summed E-state index contributed by atoms with van der Waals surface area (Å²) in [4.78, 5) is 25.3. The van der Waals surface area contributed by atoms with Crippen molar-refractivity contribution in [1.82, 2.24) is 15.1 Å². The van der Waals surface area contributed by atoms with Crippen molar-refractivity contribution in [2.24, 2.45) is 11.7 Å². The third-order valence-electron chi connectivity index (χ3n) is 4.24. The van der Waals surface area contributed by atoms with Crippen molar-refractivity contribution in [3.8, 4) is 5.75 Å². The van der Waals surface area contributed by atoms with Crippen LogP contribution in [0.3, 0.4) is 0 Å². The Bertz CT molecular complexity index is 892. The number of hydrogen-bond donors (Lipinski definition) is 2.